The van der Waals surface area contributed by atoms with Gasteiger partial charge in [-0.3, -0.25) is 4.79 Å². The predicted molar refractivity (Wildman–Crippen MR) is 127 cm³/mol. The van der Waals surface area contributed by atoms with E-state index in [2.05, 4.69) is 27.0 Å². The summed E-state index contributed by atoms with van der Waals surface area (Å²) in [6.07, 6.45) is 4.32. The fourth-order valence-corrected chi connectivity index (χ4v) is 6.00. The van der Waals surface area contributed by atoms with Gasteiger partial charge < -0.3 is 24.5 Å². The quantitative estimate of drug-likeness (QED) is 0.614. The van der Waals surface area contributed by atoms with Crippen LogP contribution in [0.1, 0.15) is 53.8 Å². The van der Waals surface area contributed by atoms with Gasteiger partial charge in [-0.15, -0.1) is 11.3 Å². The number of carbonyl (C=O) groups excluding carboxylic acids is 1. The summed E-state index contributed by atoms with van der Waals surface area (Å²) >= 11 is 1.47. The lowest BCUT2D eigenvalue weighted by atomic mass is 9.88. The Morgan fingerprint density at radius 1 is 1.06 bits per heavy atom. The van der Waals surface area contributed by atoms with Crippen LogP contribution in [0.5, 0.6) is 5.75 Å². The lowest BCUT2D eigenvalue weighted by molar-refractivity contribution is 0.0579. The number of thiophene rings is 1. The first-order chi connectivity index (χ1) is 15.6. The van der Waals surface area contributed by atoms with Crippen molar-refractivity contribution in [2.75, 3.05) is 32.8 Å². The number of ether oxygens (including phenoxy) is 1. The summed E-state index contributed by atoms with van der Waals surface area (Å²) in [7, 11) is 0. The maximum Gasteiger partial charge on any atom is 0.323 e. The predicted octanol–water partition coefficient (Wildman–Crippen LogP) is 3.80. The average molecular weight is 455 g/mol. The van der Waals surface area contributed by atoms with Gasteiger partial charge in [0.2, 0.25) is 0 Å². The van der Waals surface area contributed by atoms with E-state index in [0.717, 1.165) is 67.8 Å². The molecule has 4 heterocycles. The molecule has 2 fully saturated rings. The number of benzene rings is 1. The van der Waals surface area contributed by atoms with E-state index in [1.165, 1.54) is 16.9 Å². The molecular formula is C24H30N4O3S. The molecule has 32 heavy (non-hydrogen) atoms. The highest BCUT2D eigenvalue weighted by Crippen LogP contribution is 2.32. The number of aromatic nitrogens is 2. The minimum Gasteiger partial charge on any atom is -0.492 e. The van der Waals surface area contributed by atoms with Crippen LogP contribution in [0.15, 0.2) is 34.4 Å². The molecule has 2 N–H and O–H groups in total. The number of nitrogens with one attached hydrogen (secondary N) is 2. The van der Waals surface area contributed by atoms with Gasteiger partial charge in [-0.2, -0.15) is 0 Å². The van der Waals surface area contributed by atoms with E-state index in [1.54, 1.807) is 0 Å². The van der Waals surface area contributed by atoms with Gasteiger partial charge >= 0.3 is 5.69 Å². The zero-order valence-corrected chi connectivity index (χ0v) is 19.2. The third kappa shape index (κ3) is 4.21. The van der Waals surface area contributed by atoms with Crippen LogP contribution in [-0.4, -0.2) is 64.5 Å². The van der Waals surface area contributed by atoms with E-state index in [4.69, 9.17) is 4.74 Å². The summed E-state index contributed by atoms with van der Waals surface area (Å²) < 4.78 is 5.61. The minimum atomic E-state index is -0.148. The van der Waals surface area contributed by atoms with E-state index in [0.29, 0.717) is 24.3 Å². The van der Waals surface area contributed by atoms with Gasteiger partial charge in [0.05, 0.1) is 17.6 Å². The number of rotatable bonds is 5. The van der Waals surface area contributed by atoms with Gasteiger partial charge in [0.1, 0.15) is 10.6 Å². The fourth-order valence-electron chi connectivity index (χ4n) is 5.20. The largest absolute Gasteiger partial charge is 0.492 e. The number of piperidine rings is 2. The van der Waals surface area contributed by atoms with Crippen molar-refractivity contribution in [3.8, 4) is 5.75 Å². The first-order valence-electron chi connectivity index (χ1n) is 11.6. The Morgan fingerprint density at radius 3 is 2.56 bits per heavy atom. The highest BCUT2D eigenvalue weighted by atomic mass is 32.1. The van der Waals surface area contributed by atoms with Crippen LogP contribution in [0, 0.1) is 0 Å². The number of amides is 1. The average Bonchev–Trinajstić information content (AvgIpc) is 3.44. The van der Waals surface area contributed by atoms with Crippen LogP contribution in [0.4, 0.5) is 0 Å². The molecule has 0 radical (unpaired) electrons. The Hall–Kier alpha value is -2.58. The van der Waals surface area contributed by atoms with Crippen molar-refractivity contribution in [3.63, 3.8) is 0 Å². The number of nitrogens with zero attached hydrogens (tertiary/aromatic N) is 2. The Morgan fingerprint density at radius 2 is 1.81 bits per heavy atom. The second-order valence-electron chi connectivity index (χ2n) is 8.76. The normalized spacial score (nSPS) is 19.0. The fraction of sp³-hybridized carbons (Fsp3) is 0.500. The Labute approximate surface area is 191 Å². The van der Waals surface area contributed by atoms with Crippen molar-refractivity contribution < 1.29 is 9.53 Å². The molecule has 2 saturated heterocycles. The van der Waals surface area contributed by atoms with E-state index in [1.807, 2.05) is 29.3 Å². The highest BCUT2D eigenvalue weighted by Gasteiger charge is 2.31. The van der Waals surface area contributed by atoms with Crippen molar-refractivity contribution in [1.29, 1.82) is 0 Å². The summed E-state index contributed by atoms with van der Waals surface area (Å²) in [4.78, 5) is 35.5. The number of H-pyrrole nitrogens is 2. The molecule has 8 heteroatoms. The first kappa shape index (κ1) is 21.3. The summed E-state index contributed by atoms with van der Waals surface area (Å²) in [6.45, 7) is 6.32. The Balaban J connectivity index is 1.14. The number of aromatic amines is 2. The van der Waals surface area contributed by atoms with E-state index >= 15 is 0 Å². The number of fused-ring (bicyclic) bond motifs is 1. The molecule has 1 amide bonds. The number of likely N-dealkylation sites (tertiary alicyclic amines) is 2. The maximum absolute atomic E-state index is 13.0. The molecule has 0 saturated carbocycles. The molecule has 7 nitrogen and oxygen atoms in total. The molecule has 1 aromatic carbocycles. The molecule has 2 aliphatic heterocycles. The molecule has 0 aliphatic carbocycles. The second-order valence-corrected chi connectivity index (χ2v) is 9.68. The SMILES string of the molecule is CCOc1ccsc1C(=O)N1CCC(N2CCC(c3ccc4[nH]c(=O)[nH]c4c3)CC2)CC1. The second kappa shape index (κ2) is 9.11. The minimum absolute atomic E-state index is 0.110. The van der Waals surface area contributed by atoms with Crippen molar-refractivity contribution in [2.24, 2.45) is 0 Å². The summed E-state index contributed by atoms with van der Waals surface area (Å²) in [5, 5.41) is 1.93. The van der Waals surface area contributed by atoms with Gasteiger partial charge in [-0.1, -0.05) is 6.07 Å². The number of imidazole rings is 1. The molecule has 170 valence electrons. The third-order valence-corrected chi connectivity index (χ3v) is 7.82. The standard InChI is InChI=1S/C24H30N4O3S/c1-2-31-21-9-14-32-22(21)23(29)28-12-7-18(8-13-28)27-10-5-16(6-11-27)17-3-4-19-20(15-17)26-24(30)25-19/h3-4,9,14-16,18H,2,5-8,10-13H2,1H3,(H2,25,26,30). The van der Waals surface area contributed by atoms with Crippen molar-refractivity contribution >= 4 is 28.3 Å². The van der Waals surface area contributed by atoms with E-state index < -0.39 is 0 Å². The molecule has 0 unspecified atom stereocenters. The molecule has 3 aromatic rings. The maximum atomic E-state index is 13.0. The van der Waals surface area contributed by atoms with Crippen LogP contribution >= 0.6 is 11.3 Å². The van der Waals surface area contributed by atoms with Crippen molar-refractivity contribution in [3.05, 3.63) is 50.6 Å². The molecule has 0 spiro atoms. The van der Waals surface area contributed by atoms with Gasteiger partial charge in [0.25, 0.3) is 5.91 Å². The van der Waals surface area contributed by atoms with Crippen molar-refractivity contribution in [2.45, 2.75) is 44.6 Å². The zero-order valence-electron chi connectivity index (χ0n) is 18.4. The van der Waals surface area contributed by atoms with Crippen LogP contribution in [-0.2, 0) is 0 Å². The van der Waals surface area contributed by atoms with Crippen molar-refractivity contribution in [1.82, 2.24) is 19.8 Å². The van der Waals surface area contributed by atoms with Gasteiger partial charge in [-0.25, -0.2) is 4.79 Å². The number of carbonyl (C=O) groups is 1. The summed E-state index contributed by atoms with van der Waals surface area (Å²) in [5.74, 6) is 1.36. The number of hydrogen-bond donors (Lipinski definition) is 2. The summed E-state index contributed by atoms with van der Waals surface area (Å²) in [5.41, 5.74) is 2.93. The van der Waals surface area contributed by atoms with Crippen LogP contribution in [0.2, 0.25) is 0 Å². The summed E-state index contributed by atoms with van der Waals surface area (Å²) in [6, 6.07) is 8.73. The third-order valence-electron chi connectivity index (χ3n) is 6.93. The topological polar surface area (TPSA) is 81.4 Å². The van der Waals surface area contributed by atoms with E-state index in [-0.39, 0.29) is 11.6 Å². The first-order valence-corrected chi connectivity index (χ1v) is 12.5. The van der Waals surface area contributed by atoms with Crippen LogP contribution < -0.4 is 10.4 Å². The smallest absolute Gasteiger partial charge is 0.323 e. The Kier molecular flexibility index (Phi) is 6.06. The lowest BCUT2D eigenvalue weighted by Crippen LogP contribution is -2.48. The number of hydrogen-bond acceptors (Lipinski definition) is 5. The van der Waals surface area contributed by atoms with Crippen LogP contribution in [0.25, 0.3) is 11.0 Å². The molecule has 0 bridgehead atoms. The zero-order chi connectivity index (χ0) is 22.1. The monoisotopic (exact) mass is 454 g/mol. The van der Waals surface area contributed by atoms with Gasteiger partial charge in [-0.05, 0) is 80.8 Å². The van der Waals surface area contributed by atoms with Gasteiger partial charge in [0.15, 0.2) is 0 Å². The molecule has 5 rings (SSSR count). The van der Waals surface area contributed by atoms with Gasteiger partial charge in [0, 0.05) is 19.1 Å². The lowest BCUT2D eigenvalue weighted by Gasteiger charge is -2.42. The molecule has 2 aliphatic rings. The van der Waals surface area contributed by atoms with Crippen LogP contribution in [0.3, 0.4) is 0 Å². The molecular weight excluding hydrogens is 424 g/mol. The highest BCUT2D eigenvalue weighted by molar-refractivity contribution is 7.12. The molecule has 0 atom stereocenters. The Bertz CT molecular complexity index is 1130. The van der Waals surface area contributed by atoms with E-state index in [9.17, 15) is 9.59 Å². The molecule has 2 aromatic heterocycles.